The molecule has 292 valence electrons. The zero-order chi connectivity index (χ0) is 38.5. The lowest BCUT2D eigenvalue weighted by Gasteiger charge is -2.42. The number of aliphatic hydroxyl groups excluding tert-OH is 10. The summed E-state index contributed by atoms with van der Waals surface area (Å²) in [5.41, 5.74) is -1.26. The third kappa shape index (κ3) is 7.52. The molecule has 3 aliphatic rings. The first-order valence-corrected chi connectivity index (χ1v) is 16.4. The molecule has 4 heterocycles. The largest absolute Gasteiger partial charge is 0.508 e. The Morgan fingerprint density at radius 1 is 0.660 bits per heavy atom. The number of phenols is 2. The van der Waals surface area contributed by atoms with Crippen LogP contribution < -0.4 is 14.9 Å². The van der Waals surface area contributed by atoms with Crippen molar-refractivity contribution < 1.29 is 94.1 Å². The Balaban J connectivity index is 1.32. The maximum atomic E-state index is 14.0. The minimum absolute atomic E-state index is 0.112. The summed E-state index contributed by atoms with van der Waals surface area (Å²) in [6.45, 7) is 0.0485. The molecular weight excluding hydrogens is 716 g/mol. The van der Waals surface area contributed by atoms with Gasteiger partial charge in [0.15, 0.2) is 12.1 Å². The first-order chi connectivity index (χ1) is 25.1. The Labute approximate surface area is 298 Å². The summed E-state index contributed by atoms with van der Waals surface area (Å²) in [7, 11) is 0. The molecule has 15 atom stereocenters. The van der Waals surface area contributed by atoms with E-state index < -0.39 is 128 Å². The van der Waals surface area contributed by atoms with Gasteiger partial charge in [0, 0.05) is 17.7 Å². The molecule has 3 aromatic rings. The van der Waals surface area contributed by atoms with E-state index in [0.29, 0.717) is 0 Å². The van der Waals surface area contributed by atoms with Gasteiger partial charge in [-0.1, -0.05) is 0 Å². The van der Waals surface area contributed by atoms with Crippen LogP contribution in [0.1, 0.15) is 6.92 Å². The first-order valence-electron chi connectivity index (χ1n) is 16.4. The van der Waals surface area contributed by atoms with E-state index in [9.17, 15) is 66.1 Å². The molecule has 0 saturated carbocycles. The normalized spacial score (nSPS) is 37.8. The fraction of sp³-hybridized carbons (Fsp3) is 0.545. The second-order valence-electron chi connectivity index (χ2n) is 12.9. The third-order valence-corrected chi connectivity index (χ3v) is 9.27. The van der Waals surface area contributed by atoms with Crippen molar-refractivity contribution in [3.8, 4) is 34.3 Å². The SMILES string of the molecule is C[C@@H]1O[C@@H](OC[C@H]2O[C@@H](Oc3c(-c4ccc(O)cc4)oc4cc(O[C@@H]5O[C@H](CO)[C@@H](O)[C@H](O)[C@H]5O)cc(O)c4c3=O)[C@H](O)[C@H](O)[C@@H]2O)[C@H](O)[C@@H](O)[C@H]1O. The van der Waals surface area contributed by atoms with Gasteiger partial charge in [-0.2, -0.15) is 0 Å². The maximum Gasteiger partial charge on any atom is 0.239 e. The fourth-order valence-corrected chi connectivity index (χ4v) is 6.14. The standard InChI is InChI=1S/C33H40O20/c1-10-19(37)23(41)26(44)31(48-10)47-9-17-21(39)25(43)28(46)33(52-17)53-30-22(40)18-14(36)6-13(49-32-27(45)24(42)20(38)16(8-34)51-32)7-15(18)50-29(30)11-2-4-12(35)5-3-11/h2-7,10,16-17,19-21,23-28,31-39,41-46H,8-9H2,1H3/t10-,16+,17+,19-,20+,21+,23-,24-,25+,26+,27+,28+,31+,32+,33-/m0/s1. The van der Waals surface area contributed by atoms with Gasteiger partial charge in [0.1, 0.15) is 95.4 Å². The van der Waals surface area contributed by atoms with Gasteiger partial charge in [-0.05, 0) is 31.2 Å². The molecule has 3 aliphatic heterocycles. The van der Waals surface area contributed by atoms with Crippen molar-refractivity contribution >= 4 is 11.0 Å². The molecule has 1 aromatic heterocycles. The smallest absolute Gasteiger partial charge is 0.239 e. The lowest BCUT2D eigenvalue weighted by atomic mass is 9.98. The number of aliphatic hydroxyl groups is 10. The lowest BCUT2D eigenvalue weighted by molar-refractivity contribution is -0.318. The van der Waals surface area contributed by atoms with Crippen LogP contribution >= 0.6 is 0 Å². The molecule has 0 aliphatic carbocycles. The highest BCUT2D eigenvalue weighted by Gasteiger charge is 2.48. The quantitative estimate of drug-likeness (QED) is 0.0992. The molecule has 20 heteroatoms. The summed E-state index contributed by atoms with van der Waals surface area (Å²) in [5, 5.41) is 123. The monoisotopic (exact) mass is 756 g/mol. The van der Waals surface area contributed by atoms with E-state index >= 15 is 0 Å². The van der Waals surface area contributed by atoms with Crippen LogP contribution in [0.25, 0.3) is 22.3 Å². The predicted molar refractivity (Wildman–Crippen MR) is 171 cm³/mol. The van der Waals surface area contributed by atoms with Gasteiger partial charge in [-0.25, -0.2) is 0 Å². The van der Waals surface area contributed by atoms with Crippen LogP contribution in [-0.4, -0.2) is 167 Å². The molecule has 0 amide bonds. The molecule has 53 heavy (non-hydrogen) atoms. The van der Waals surface area contributed by atoms with E-state index in [-0.39, 0.29) is 28.4 Å². The van der Waals surface area contributed by atoms with Crippen LogP contribution in [-0.2, 0) is 18.9 Å². The van der Waals surface area contributed by atoms with Gasteiger partial charge < -0.3 is 94.1 Å². The predicted octanol–water partition coefficient (Wildman–Crippen LogP) is -3.92. The first kappa shape index (κ1) is 39.0. The van der Waals surface area contributed by atoms with Crippen LogP contribution in [0.3, 0.4) is 0 Å². The number of aromatic hydroxyl groups is 2. The van der Waals surface area contributed by atoms with Gasteiger partial charge in [-0.15, -0.1) is 0 Å². The zero-order valence-corrected chi connectivity index (χ0v) is 27.7. The van der Waals surface area contributed by atoms with Gasteiger partial charge in [0.2, 0.25) is 23.8 Å². The highest BCUT2D eigenvalue weighted by atomic mass is 16.7. The van der Waals surface area contributed by atoms with E-state index in [1.54, 1.807) is 0 Å². The number of hydrogen-bond acceptors (Lipinski definition) is 20. The molecule has 0 bridgehead atoms. The average Bonchev–Trinajstić information content (AvgIpc) is 3.13. The third-order valence-electron chi connectivity index (χ3n) is 9.27. The second kappa shape index (κ2) is 15.6. The van der Waals surface area contributed by atoms with Crippen LogP contribution in [0, 0.1) is 0 Å². The molecule has 0 spiro atoms. The number of phenolic OH excluding ortho intramolecular Hbond substituents is 2. The number of ether oxygens (including phenoxy) is 6. The Hall–Kier alpha value is -3.71. The Bertz CT molecular complexity index is 1780. The van der Waals surface area contributed by atoms with E-state index in [0.717, 1.165) is 12.1 Å². The molecule has 20 nitrogen and oxygen atoms in total. The van der Waals surface area contributed by atoms with Crippen LogP contribution in [0.4, 0.5) is 0 Å². The summed E-state index contributed by atoms with van der Waals surface area (Å²) in [4.78, 5) is 14.0. The van der Waals surface area contributed by atoms with Crippen LogP contribution in [0.15, 0.2) is 45.6 Å². The van der Waals surface area contributed by atoms with Crippen molar-refractivity contribution in [2.24, 2.45) is 0 Å². The molecule has 3 fully saturated rings. The van der Waals surface area contributed by atoms with E-state index in [1.807, 2.05) is 0 Å². The number of fused-ring (bicyclic) bond motifs is 1. The minimum atomic E-state index is -2.00. The minimum Gasteiger partial charge on any atom is -0.508 e. The molecule has 3 saturated heterocycles. The topological polar surface area (TPSA) is 328 Å². The van der Waals surface area contributed by atoms with Gasteiger partial charge in [-0.3, -0.25) is 4.79 Å². The fourth-order valence-electron chi connectivity index (χ4n) is 6.14. The number of benzene rings is 2. The van der Waals surface area contributed by atoms with Gasteiger partial charge >= 0.3 is 0 Å². The van der Waals surface area contributed by atoms with Crippen molar-refractivity contribution in [2.75, 3.05) is 13.2 Å². The average molecular weight is 757 g/mol. The molecule has 6 rings (SSSR count). The van der Waals surface area contributed by atoms with Crippen molar-refractivity contribution in [3.63, 3.8) is 0 Å². The molecular formula is C33H40O20. The lowest BCUT2D eigenvalue weighted by Crippen LogP contribution is -2.61. The highest BCUT2D eigenvalue weighted by Crippen LogP contribution is 2.39. The summed E-state index contributed by atoms with van der Waals surface area (Å²) >= 11 is 0. The van der Waals surface area contributed by atoms with Crippen molar-refractivity contribution in [1.29, 1.82) is 0 Å². The van der Waals surface area contributed by atoms with E-state index in [2.05, 4.69) is 0 Å². The Kier molecular flexibility index (Phi) is 11.5. The Morgan fingerprint density at radius 3 is 1.87 bits per heavy atom. The van der Waals surface area contributed by atoms with Crippen LogP contribution in [0.5, 0.6) is 23.0 Å². The molecule has 0 radical (unpaired) electrons. The van der Waals surface area contributed by atoms with Crippen LogP contribution in [0.2, 0.25) is 0 Å². The Morgan fingerprint density at radius 2 is 1.23 bits per heavy atom. The molecule has 12 N–H and O–H groups in total. The highest BCUT2D eigenvalue weighted by molar-refractivity contribution is 5.88. The number of rotatable bonds is 9. The second-order valence-corrected chi connectivity index (χ2v) is 12.9. The molecule has 2 aromatic carbocycles. The van der Waals surface area contributed by atoms with Crippen molar-refractivity contribution in [2.45, 2.75) is 99.0 Å². The van der Waals surface area contributed by atoms with E-state index in [1.165, 1.54) is 31.2 Å². The number of hydrogen-bond donors (Lipinski definition) is 12. The van der Waals surface area contributed by atoms with Gasteiger partial charge in [0.05, 0.1) is 19.3 Å². The maximum absolute atomic E-state index is 14.0. The van der Waals surface area contributed by atoms with Crippen molar-refractivity contribution in [1.82, 2.24) is 0 Å². The summed E-state index contributed by atoms with van der Waals surface area (Å²) in [6, 6.07) is 7.20. The summed E-state index contributed by atoms with van der Waals surface area (Å²) in [5.74, 6) is -2.21. The summed E-state index contributed by atoms with van der Waals surface area (Å²) in [6.07, 6.45) is -24.7. The van der Waals surface area contributed by atoms with Crippen molar-refractivity contribution in [3.05, 3.63) is 46.6 Å². The van der Waals surface area contributed by atoms with Gasteiger partial charge in [0.25, 0.3) is 0 Å². The zero-order valence-electron chi connectivity index (χ0n) is 27.7. The molecule has 0 unspecified atom stereocenters. The van der Waals surface area contributed by atoms with E-state index in [4.69, 9.17) is 32.8 Å². The summed E-state index contributed by atoms with van der Waals surface area (Å²) < 4.78 is 39.3.